The summed E-state index contributed by atoms with van der Waals surface area (Å²) in [5, 5.41) is 10.8. The van der Waals surface area contributed by atoms with E-state index in [4.69, 9.17) is 0 Å². The van der Waals surface area contributed by atoms with Gasteiger partial charge in [-0.2, -0.15) is 0 Å². The molecule has 0 spiro atoms. The second-order valence-electron chi connectivity index (χ2n) is 6.26. The lowest BCUT2D eigenvalue weighted by molar-refractivity contribution is -0.385. The zero-order valence-electron chi connectivity index (χ0n) is 14.4. The molecule has 1 aromatic heterocycles. The van der Waals surface area contributed by atoms with Crippen LogP contribution in [0.1, 0.15) is 11.1 Å². The van der Waals surface area contributed by atoms with Gasteiger partial charge in [0.1, 0.15) is 17.8 Å². The molecule has 3 rings (SSSR count). The summed E-state index contributed by atoms with van der Waals surface area (Å²) in [6, 6.07) is 7.45. The number of nitro groups is 1. The number of nitrogens with zero attached hydrogens (tertiary/aromatic N) is 4. The minimum Gasteiger partial charge on any atom is -0.353 e. The van der Waals surface area contributed by atoms with Gasteiger partial charge in [-0.25, -0.2) is 9.37 Å². The molecule has 1 fully saturated rings. The van der Waals surface area contributed by atoms with E-state index in [1.165, 1.54) is 24.4 Å². The lowest BCUT2D eigenvalue weighted by Gasteiger charge is -2.36. The van der Waals surface area contributed by atoms with Crippen molar-refractivity contribution in [1.29, 1.82) is 0 Å². The van der Waals surface area contributed by atoms with Gasteiger partial charge in [0.15, 0.2) is 0 Å². The molecule has 2 aromatic rings. The van der Waals surface area contributed by atoms with Crippen molar-refractivity contribution < 1.29 is 14.1 Å². The molecule has 0 radical (unpaired) electrons. The first-order valence-corrected chi connectivity index (χ1v) is 8.32. The van der Waals surface area contributed by atoms with Crippen molar-refractivity contribution in [2.75, 3.05) is 31.1 Å². The number of hydrogen-bond acceptors (Lipinski definition) is 5. The zero-order chi connectivity index (χ0) is 18.7. The molecule has 0 aliphatic carbocycles. The molecular formula is C18H19FN4O3. The molecule has 26 heavy (non-hydrogen) atoms. The second kappa shape index (κ2) is 7.47. The molecule has 7 nitrogen and oxygen atoms in total. The lowest BCUT2D eigenvalue weighted by Crippen LogP contribution is -2.49. The number of aromatic nitrogens is 1. The number of amides is 1. The van der Waals surface area contributed by atoms with E-state index in [1.807, 2.05) is 4.90 Å². The minimum atomic E-state index is -0.462. The van der Waals surface area contributed by atoms with Crippen molar-refractivity contribution in [3.05, 3.63) is 63.6 Å². The molecule has 2 heterocycles. The maximum atomic E-state index is 12.9. The molecule has 1 aromatic carbocycles. The zero-order valence-corrected chi connectivity index (χ0v) is 14.4. The molecule has 1 amide bonds. The molecule has 1 aliphatic rings. The molecule has 0 unspecified atom stereocenters. The third kappa shape index (κ3) is 3.96. The van der Waals surface area contributed by atoms with Crippen LogP contribution in [0.25, 0.3) is 0 Å². The summed E-state index contributed by atoms with van der Waals surface area (Å²) in [5.41, 5.74) is 1.50. The van der Waals surface area contributed by atoms with Gasteiger partial charge in [0.2, 0.25) is 5.91 Å². The summed E-state index contributed by atoms with van der Waals surface area (Å²) in [7, 11) is 0. The highest BCUT2D eigenvalue weighted by atomic mass is 19.1. The van der Waals surface area contributed by atoms with Crippen molar-refractivity contribution in [2.45, 2.75) is 13.3 Å². The highest BCUT2D eigenvalue weighted by Gasteiger charge is 2.23. The third-order valence-corrected chi connectivity index (χ3v) is 4.45. The Morgan fingerprint density at radius 2 is 1.88 bits per heavy atom. The van der Waals surface area contributed by atoms with Gasteiger partial charge < -0.3 is 9.80 Å². The van der Waals surface area contributed by atoms with Crippen LogP contribution in [-0.4, -0.2) is 46.9 Å². The largest absolute Gasteiger partial charge is 0.353 e. The van der Waals surface area contributed by atoms with Crippen LogP contribution in [0.3, 0.4) is 0 Å². The van der Waals surface area contributed by atoms with E-state index in [-0.39, 0.29) is 23.8 Å². The number of hydrogen-bond donors (Lipinski definition) is 0. The first kappa shape index (κ1) is 17.8. The topological polar surface area (TPSA) is 79.6 Å². The predicted octanol–water partition coefficient (Wildman–Crippen LogP) is 2.33. The van der Waals surface area contributed by atoms with Crippen molar-refractivity contribution in [1.82, 2.24) is 9.88 Å². The molecule has 0 N–H and O–H groups in total. The molecule has 8 heteroatoms. The Kier molecular flexibility index (Phi) is 5.11. The van der Waals surface area contributed by atoms with Gasteiger partial charge in [0, 0.05) is 32.2 Å². The smallest absolute Gasteiger partial charge is 0.287 e. The molecule has 0 bridgehead atoms. The minimum absolute atomic E-state index is 0.00430. The van der Waals surface area contributed by atoms with Crippen LogP contribution < -0.4 is 4.90 Å². The van der Waals surface area contributed by atoms with E-state index >= 15 is 0 Å². The van der Waals surface area contributed by atoms with Gasteiger partial charge in [-0.3, -0.25) is 14.9 Å². The van der Waals surface area contributed by atoms with Crippen LogP contribution in [0.15, 0.2) is 36.5 Å². The highest BCUT2D eigenvalue weighted by molar-refractivity contribution is 5.79. The summed E-state index contributed by atoms with van der Waals surface area (Å²) in [6.07, 6.45) is 1.50. The molecular weight excluding hydrogens is 339 g/mol. The summed E-state index contributed by atoms with van der Waals surface area (Å²) in [4.78, 5) is 30.8. The van der Waals surface area contributed by atoms with Crippen LogP contribution in [-0.2, 0) is 11.2 Å². The first-order valence-electron chi connectivity index (χ1n) is 8.32. The number of benzene rings is 1. The van der Waals surface area contributed by atoms with Crippen LogP contribution in [0.2, 0.25) is 0 Å². The predicted molar refractivity (Wildman–Crippen MR) is 94.5 cm³/mol. The van der Waals surface area contributed by atoms with Crippen LogP contribution in [0, 0.1) is 22.9 Å². The van der Waals surface area contributed by atoms with Crippen molar-refractivity contribution >= 4 is 17.4 Å². The van der Waals surface area contributed by atoms with Crippen LogP contribution in [0.5, 0.6) is 0 Å². The lowest BCUT2D eigenvalue weighted by atomic mass is 10.1. The highest BCUT2D eigenvalue weighted by Crippen LogP contribution is 2.22. The fourth-order valence-electron chi connectivity index (χ4n) is 3.04. The Labute approximate surface area is 150 Å². The molecule has 0 atom stereocenters. The maximum absolute atomic E-state index is 12.9. The van der Waals surface area contributed by atoms with E-state index in [1.54, 1.807) is 24.0 Å². The Morgan fingerprint density at radius 1 is 1.23 bits per heavy atom. The Bertz CT molecular complexity index is 818. The molecule has 1 saturated heterocycles. The second-order valence-corrected chi connectivity index (χ2v) is 6.26. The summed E-state index contributed by atoms with van der Waals surface area (Å²) in [6.45, 7) is 4.12. The molecule has 136 valence electrons. The fraction of sp³-hybridized carbons (Fsp3) is 0.333. The quantitative estimate of drug-likeness (QED) is 0.619. The number of carbonyl (C=O) groups excluding carboxylic acids is 1. The summed E-state index contributed by atoms with van der Waals surface area (Å²) in [5.74, 6) is 0.395. The summed E-state index contributed by atoms with van der Waals surface area (Å²) >= 11 is 0. The van der Waals surface area contributed by atoms with E-state index in [2.05, 4.69) is 4.98 Å². The number of pyridine rings is 1. The fourth-order valence-corrected chi connectivity index (χ4v) is 3.04. The number of rotatable bonds is 4. The third-order valence-electron chi connectivity index (χ3n) is 4.45. The average Bonchev–Trinajstić information content (AvgIpc) is 2.63. The van der Waals surface area contributed by atoms with E-state index in [9.17, 15) is 19.3 Å². The van der Waals surface area contributed by atoms with Gasteiger partial charge in [0.25, 0.3) is 5.69 Å². The van der Waals surface area contributed by atoms with E-state index in [0.29, 0.717) is 32.0 Å². The van der Waals surface area contributed by atoms with Crippen molar-refractivity contribution in [3.8, 4) is 0 Å². The number of halogens is 1. The number of anilines is 1. The van der Waals surface area contributed by atoms with E-state index < -0.39 is 4.92 Å². The number of carbonyl (C=O) groups is 1. The van der Waals surface area contributed by atoms with Gasteiger partial charge in [-0.05, 0) is 30.2 Å². The van der Waals surface area contributed by atoms with Crippen LogP contribution in [0.4, 0.5) is 15.9 Å². The van der Waals surface area contributed by atoms with Gasteiger partial charge in [0.05, 0.1) is 11.3 Å². The van der Waals surface area contributed by atoms with Crippen molar-refractivity contribution in [2.24, 2.45) is 0 Å². The maximum Gasteiger partial charge on any atom is 0.287 e. The molecule has 1 aliphatic heterocycles. The Morgan fingerprint density at radius 3 is 2.46 bits per heavy atom. The standard InChI is InChI=1S/C18H19FN4O3/c1-13-10-16(23(25)26)12-20-18(13)22-8-6-21(7-9-22)17(24)11-14-2-4-15(19)5-3-14/h2-5,10,12H,6-9,11H2,1H3. The van der Waals surface area contributed by atoms with Crippen molar-refractivity contribution in [3.63, 3.8) is 0 Å². The van der Waals surface area contributed by atoms with Gasteiger partial charge in [-0.1, -0.05) is 12.1 Å². The normalized spacial score (nSPS) is 14.4. The SMILES string of the molecule is Cc1cc([N+](=O)[O-])cnc1N1CCN(C(=O)Cc2ccc(F)cc2)CC1. The van der Waals surface area contributed by atoms with E-state index in [0.717, 1.165) is 11.1 Å². The van der Waals surface area contributed by atoms with Crippen LogP contribution >= 0.6 is 0 Å². The Balaban J connectivity index is 1.59. The average molecular weight is 358 g/mol. The summed E-state index contributed by atoms with van der Waals surface area (Å²) < 4.78 is 12.9. The number of aryl methyl sites for hydroxylation is 1. The van der Waals surface area contributed by atoms with Gasteiger partial charge >= 0.3 is 0 Å². The van der Waals surface area contributed by atoms with Gasteiger partial charge in [-0.15, -0.1) is 0 Å². The Hall–Kier alpha value is -3.03. The number of piperazine rings is 1. The monoisotopic (exact) mass is 358 g/mol. The molecule has 0 saturated carbocycles. The first-order chi connectivity index (χ1) is 12.4.